The van der Waals surface area contributed by atoms with Crippen LogP contribution in [0.25, 0.3) is 5.65 Å². The van der Waals surface area contributed by atoms with Crippen LogP contribution in [0.15, 0.2) is 30.7 Å². The summed E-state index contributed by atoms with van der Waals surface area (Å²) in [6, 6.07) is 3.76. The van der Waals surface area contributed by atoms with Gasteiger partial charge in [0.25, 0.3) is 5.91 Å². The molecule has 4 nitrogen and oxygen atoms in total. The van der Waals surface area contributed by atoms with E-state index in [9.17, 15) is 4.79 Å². The number of piperidine rings is 1. The Kier molecular flexibility index (Phi) is 2.78. The quantitative estimate of drug-likeness (QED) is 0.770. The molecular formula is C14H17N3O. The summed E-state index contributed by atoms with van der Waals surface area (Å²) in [6.07, 6.45) is 7.83. The second kappa shape index (κ2) is 4.44. The van der Waals surface area contributed by atoms with Gasteiger partial charge in [-0.15, -0.1) is 0 Å². The fraction of sp³-hybridized carbons (Fsp3) is 0.429. The summed E-state index contributed by atoms with van der Waals surface area (Å²) in [5.74, 6) is 0.709. The SMILES string of the molecule is CC1CCCN(C(=O)c2cccn3ccnc23)C1. The van der Waals surface area contributed by atoms with Gasteiger partial charge in [0.2, 0.25) is 0 Å². The van der Waals surface area contributed by atoms with E-state index in [1.165, 1.54) is 6.42 Å². The molecule has 4 heteroatoms. The van der Waals surface area contributed by atoms with Crippen molar-refractivity contribution in [1.29, 1.82) is 0 Å². The average molecular weight is 243 g/mol. The van der Waals surface area contributed by atoms with Gasteiger partial charge in [-0.25, -0.2) is 4.98 Å². The molecule has 3 heterocycles. The predicted molar refractivity (Wildman–Crippen MR) is 69.5 cm³/mol. The molecule has 1 amide bonds. The first-order valence-electron chi connectivity index (χ1n) is 6.46. The van der Waals surface area contributed by atoms with Crippen LogP contribution in [0.4, 0.5) is 0 Å². The molecule has 1 unspecified atom stereocenters. The van der Waals surface area contributed by atoms with Crippen LogP contribution in [-0.2, 0) is 0 Å². The number of imidazole rings is 1. The molecule has 0 spiro atoms. The van der Waals surface area contributed by atoms with Gasteiger partial charge in [0, 0.05) is 31.7 Å². The first-order chi connectivity index (χ1) is 8.75. The Bertz CT molecular complexity index is 575. The normalized spacial score (nSPS) is 20.3. The Hall–Kier alpha value is -1.84. The minimum atomic E-state index is 0.110. The molecule has 94 valence electrons. The Labute approximate surface area is 106 Å². The molecule has 0 radical (unpaired) electrons. The highest BCUT2D eigenvalue weighted by molar-refractivity contribution is 5.99. The van der Waals surface area contributed by atoms with E-state index in [0.717, 1.165) is 25.2 Å². The zero-order valence-electron chi connectivity index (χ0n) is 10.5. The van der Waals surface area contributed by atoms with Crippen molar-refractivity contribution in [1.82, 2.24) is 14.3 Å². The van der Waals surface area contributed by atoms with E-state index >= 15 is 0 Å². The monoisotopic (exact) mass is 243 g/mol. The zero-order chi connectivity index (χ0) is 12.5. The summed E-state index contributed by atoms with van der Waals surface area (Å²) in [6.45, 7) is 3.93. The Morgan fingerprint density at radius 2 is 2.33 bits per heavy atom. The Balaban J connectivity index is 1.94. The van der Waals surface area contributed by atoms with Crippen LogP contribution in [0.5, 0.6) is 0 Å². The summed E-state index contributed by atoms with van der Waals surface area (Å²) in [4.78, 5) is 18.8. The molecule has 2 aromatic rings. The van der Waals surface area contributed by atoms with Gasteiger partial charge in [0.15, 0.2) is 0 Å². The maximum atomic E-state index is 12.5. The third-order valence-electron chi connectivity index (χ3n) is 3.59. The highest BCUT2D eigenvalue weighted by Gasteiger charge is 2.23. The van der Waals surface area contributed by atoms with Gasteiger partial charge in [-0.3, -0.25) is 4.79 Å². The van der Waals surface area contributed by atoms with Crippen LogP contribution in [0.1, 0.15) is 30.1 Å². The van der Waals surface area contributed by atoms with E-state index in [2.05, 4.69) is 11.9 Å². The Morgan fingerprint density at radius 3 is 3.17 bits per heavy atom. The van der Waals surface area contributed by atoms with Gasteiger partial charge < -0.3 is 9.30 Å². The van der Waals surface area contributed by atoms with Crippen LogP contribution in [0.2, 0.25) is 0 Å². The Morgan fingerprint density at radius 1 is 1.44 bits per heavy atom. The van der Waals surface area contributed by atoms with Gasteiger partial charge in [-0.1, -0.05) is 6.92 Å². The predicted octanol–water partition coefficient (Wildman–Crippen LogP) is 2.21. The van der Waals surface area contributed by atoms with Crippen molar-refractivity contribution in [2.75, 3.05) is 13.1 Å². The number of amides is 1. The smallest absolute Gasteiger partial charge is 0.257 e. The molecule has 0 bridgehead atoms. The van der Waals surface area contributed by atoms with Crippen LogP contribution < -0.4 is 0 Å². The summed E-state index contributed by atoms with van der Waals surface area (Å²) in [5, 5.41) is 0. The number of carbonyl (C=O) groups excluding carboxylic acids is 1. The van der Waals surface area contributed by atoms with Crippen molar-refractivity contribution in [2.45, 2.75) is 19.8 Å². The third-order valence-corrected chi connectivity index (χ3v) is 3.59. The molecule has 0 aromatic carbocycles. The summed E-state index contributed by atoms with van der Waals surface area (Å²) < 4.78 is 1.89. The number of nitrogens with zero attached hydrogens (tertiary/aromatic N) is 3. The topological polar surface area (TPSA) is 37.6 Å². The zero-order valence-corrected chi connectivity index (χ0v) is 10.5. The molecular weight excluding hydrogens is 226 g/mol. The van der Waals surface area contributed by atoms with Gasteiger partial charge in [-0.2, -0.15) is 0 Å². The number of aromatic nitrogens is 2. The number of rotatable bonds is 1. The number of hydrogen-bond donors (Lipinski definition) is 0. The standard InChI is InChI=1S/C14H17N3O/c1-11-4-2-8-17(10-11)14(18)12-5-3-7-16-9-6-15-13(12)16/h3,5-7,9,11H,2,4,8,10H2,1H3. The molecule has 1 fully saturated rings. The van der Waals surface area contributed by atoms with E-state index in [4.69, 9.17) is 0 Å². The minimum absolute atomic E-state index is 0.110. The minimum Gasteiger partial charge on any atom is -0.338 e. The van der Waals surface area contributed by atoms with Crippen LogP contribution >= 0.6 is 0 Å². The van der Waals surface area contributed by atoms with Crippen molar-refractivity contribution < 1.29 is 4.79 Å². The number of pyridine rings is 1. The third kappa shape index (κ3) is 1.88. The number of carbonyl (C=O) groups is 1. The molecule has 0 saturated carbocycles. The first kappa shape index (κ1) is 11.3. The number of likely N-dealkylation sites (tertiary alicyclic amines) is 1. The van der Waals surface area contributed by atoms with Gasteiger partial charge in [-0.05, 0) is 30.9 Å². The first-order valence-corrected chi connectivity index (χ1v) is 6.46. The second-order valence-electron chi connectivity index (χ2n) is 5.08. The van der Waals surface area contributed by atoms with E-state index in [0.29, 0.717) is 11.5 Å². The van der Waals surface area contributed by atoms with Crippen LogP contribution in [0, 0.1) is 5.92 Å². The largest absolute Gasteiger partial charge is 0.338 e. The van der Waals surface area contributed by atoms with Gasteiger partial charge in [0.1, 0.15) is 5.65 Å². The molecule has 1 saturated heterocycles. The molecule has 0 N–H and O–H groups in total. The molecule has 1 aliphatic rings. The molecule has 18 heavy (non-hydrogen) atoms. The lowest BCUT2D eigenvalue weighted by atomic mass is 10.00. The molecule has 0 aliphatic carbocycles. The second-order valence-corrected chi connectivity index (χ2v) is 5.08. The van der Waals surface area contributed by atoms with Crippen molar-refractivity contribution >= 4 is 11.6 Å². The summed E-state index contributed by atoms with van der Waals surface area (Å²) >= 11 is 0. The lowest BCUT2D eigenvalue weighted by Gasteiger charge is -2.31. The summed E-state index contributed by atoms with van der Waals surface area (Å²) in [5.41, 5.74) is 1.46. The van der Waals surface area contributed by atoms with Crippen LogP contribution in [0.3, 0.4) is 0 Å². The lowest BCUT2D eigenvalue weighted by molar-refractivity contribution is 0.0684. The van der Waals surface area contributed by atoms with Crippen LogP contribution in [-0.4, -0.2) is 33.3 Å². The van der Waals surface area contributed by atoms with Crippen molar-refractivity contribution in [3.8, 4) is 0 Å². The van der Waals surface area contributed by atoms with Crippen molar-refractivity contribution in [3.63, 3.8) is 0 Å². The molecule has 3 rings (SSSR count). The fourth-order valence-electron chi connectivity index (χ4n) is 2.66. The van der Waals surface area contributed by atoms with Crippen molar-refractivity contribution in [3.05, 3.63) is 36.3 Å². The molecule has 1 aliphatic heterocycles. The van der Waals surface area contributed by atoms with E-state index in [1.807, 2.05) is 33.8 Å². The van der Waals surface area contributed by atoms with Gasteiger partial charge in [0.05, 0.1) is 5.56 Å². The highest BCUT2D eigenvalue weighted by Crippen LogP contribution is 2.19. The fourth-order valence-corrected chi connectivity index (χ4v) is 2.66. The summed E-state index contributed by atoms with van der Waals surface area (Å²) in [7, 11) is 0. The maximum absolute atomic E-state index is 12.5. The van der Waals surface area contributed by atoms with Crippen molar-refractivity contribution in [2.24, 2.45) is 5.92 Å². The van der Waals surface area contributed by atoms with E-state index < -0.39 is 0 Å². The highest BCUT2D eigenvalue weighted by atomic mass is 16.2. The average Bonchev–Trinajstić information content (AvgIpc) is 2.86. The van der Waals surface area contributed by atoms with Gasteiger partial charge >= 0.3 is 0 Å². The number of hydrogen-bond acceptors (Lipinski definition) is 2. The maximum Gasteiger partial charge on any atom is 0.257 e. The van der Waals surface area contributed by atoms with E-state index in [-0.39, 0.29) is 5.91 Å². The van der Waals surface area contributed by atoms with E-state index in [1.54, 1.807) is 6.20 Å². The molecule has 1 atom stereocenters. The lowest BCUT2D eigenvalue weighted by Crippen LogP contribution is -2.39. The molecule has 2 aromatic heterocycles. The number of fused-ring (bicyclic) bond motifs is 1.